The molecule has 29 heavy (non-hydrogen) atoms. The average molecular weight is 392 g/mol. The van der Waals surface area contributed by atoms with E-state index in [9.17, 15) is 14.9 Å². The number of anilines is 2. The number of carbonyl (C=O) groups excluding carboxylic acids is 1. The fourth-order valence-corrected chi connectivity index (χ4v) is 3.46. The van der Waals surface area contributed by atoms with E-state index in [-0.39, 0.29) is 22.4 Å². The van der Waals surface area contributed by atoms with E-state index in [1.54, 1.807) is 22.7 Å². The van der Waals surface area contributed by atoms with Crippen LogP contribution in [0.5, 0.6) is 0 Å². The van der Waals surface area contributed by atoms with Crippen LogP contribution in [0.4, 0.5) is 17.3 Å². The lowest BCUT2D eigenvalue weighted by atomic mass is 9.96. The molecule has 148 valence electrons. The number of aromatic nitrogens is 3. The number of hydrogen-bond acceptors (Lipinski definition) is 6. The molecule has 1 amide bonds. The summed E-state index contributed by atoms with van der Waals surface area (Å²) in [5.41, 5.74) is 1.63. The van der Waals surface area contributed by atoms with Gasteiger partial charge in [0, 0.05) is 37.1 Å². The van der Waals surface area contributed by atoms with Gasteiger partial charge in [0.15, 0.2) is 5.65 Å². The highest BCUT2D eigenvalue weighted by atomic mass is 16.6. The minimum Gasteiger partial charge on any atom is -0.371 e. The quantitative estimate of drug-likeness (QED) is 0.406. The van der Waals surface area contributed by atoms with Gasteiger partial charge in [-0.15, -0.1) is 10.2 Å². The van der Waals surface area contributed by atoms with Crippen LogP contribution in [0, 0.1) is 16.0 Å². The van der Waals surface area contributed by atoms with Crippen molar-refractivity contribution in [2.75, 3.05) is 23.3 Å². The molecule has 4 rings (SSSR count). The summed E-state index contributed by atoms with van der Waals surface area (Å²) in [6, 6.07) is 12.2. The Morgan fingerprint density at radius 1 is 1.17 bits per heavy atom. The van der Waals surface area contributed by atoms with Crippen LogP contribution in [0.2, 0.25) is 0 Å². The Balaban J connectivity index is 1.32. The first-order chi connectivity index (χ1) is 14.1. The Morgan fingerprint density at radius 2 is 2.00 bits per heavy atom. The summed E-state index contributed by atoms with van der Waals surface area (Å²) in [6.07, 6.45) is 7.00. The lowest BCUT2D eigenvalue weighted by Crippen LogP contribution is -2.33. The van der Waals surface area contributed by atoms with E-state index < -0.39 is 0 Å². The van der Waals surface area contributed by atoms with Crippen LogP contribution in [-0.4, -0.2) is 38.5 Å². The SMILES string of the molecule is O=C(C=CC1CCN(c2cccc([N+](=O)[O-])c2)CC1)Nc1nnc2ccccn12. The van der Waals surface area contributed by atoms with Crippen molar-refractivity contribution >= 4 is 28.9 Å². The molecule has 9 nitrogen and oxygen atoms in total. The number of pyridine rings is 1. The minimum absolute atomic E-state index is 0.0993. The lowest BCUT2D eigenvalue weighted by molar-refractivity contribution is -0.384. The van der Waals surface area contributed by atoms with Crippen molar-refractivity contribution in [2.24, 2.45) is 5.92 Å². The van der Waals surface area contributed by atoms with Crippen molar-refractivity contribution in [1.82, 2.24) is 14.6 Å². The molecule has 1 fully saturated rings. The number of carbonyl (C=O) groups is 1. The number of allylic oxidation sites excluding steroid dienone is 1. The Hall–Kier alpha value is -3.75. The molecular formula is C20H20N6O3. The minimum atomic E-state index is -0.379. The van der Waals surface area contributed by atoms with Crippen molar-refractivity contribution < 1.29 is 9.72 Å². The van der Waals surface area contributed by atoms with Crippen molar-refractivity contribution in [1.29, 1.82) is 0 Å². The van der Waals surface area contributed by atoms with Gasteiger partial charge in [-0.05, 0) is 43.0 Å². The zero-order valence-corrected chi connectivity index (χ0v) is 15.6. The topological polar surface area (TPSA) is 106 Å². The van der Waals surface area contributed by atoms with Crippen molar-refractivity contribution in [3.63, 3.8) is 0 Å². The first-order valence-corrected chi connectivity index (χ1v) is 9.38. The summed E-state index contributed by atoms with van der Waals surface area (Å²) in [4.78, 5) is 24.9. The maximum absolute atomic E-state index is 12.2. The Bertz CT molecular complexity index is 1070. The van der Waals surface area contributed by atoms with Gasteiger partial charge >= 0.3 is 0 Å². The molecule has 1 aliphatic heterocycles. The predicted molar refractivity (Wildman–Crippen MR) is 109 cm³/mol. The smallest absolute Gasteiger partial charge is 0.271 e. The second-order valence-electron chi connectivity index (χ2n) is 6.90. The van der Waals surface area contributed by atoms with Crippen LogP contribution < -0.4 is 10.2 Å². The second kappa shape index (κ2) is 8.09. The number of fused-ring (bicyclic) bond motifs is 1. The average Bonchev–Trinajstić information content (AvgIpc) is 3.15. The Labute approximate surface area is 166 Å². The molecule has 0 aliphatic carbocycles. The fraction of sp³-hybridized carbons (Fsp3) is 0.250. The van der Waals surface area contributed by atoms with Gasteiger partial charge in [0.1, 0.15) is 0 Å². The third kappa shape index (κ3) is 4.23. The molecule has 2 aromatic heterocycles. The summed E-state index contributed by atoms with van der Waals surface area (Å²) in [5, 5.41) is 21.7. The van der Waals surface area contributed by atoms with Gasteiger partial charge in [-0.3, -0.25) is 24.6 Å². The number of rotatable bonds is 5. The summed E-state index contributed by atoms with van der Waals surface area (Å²) in [6.45, 7) is 1.57. The lowest BCUT2D eigenvalue weighted by Gasteiger charge is -2.32. The molecule has 0 atom stereocenters. The van der Waals surface area contributed by atoms with Crippen LogP contribution in [0.25, 0.3) is 5.65 Å². The molecule has 9 heteroatoms. The number of nitrogens with one attached hydrogen (secondary N) is 1. The number of amides is 1. The van der Waals surface area contributed by atoms with Gasteiger partial charge in [-0.1, -0.05) is 18.2 Å². The summed E-state index contributed by atoms with van der Waals surface area (Å²) < 4.78 is 1.71. The van der Waals surface area contributed by atoms with E-state index in [4.69, 9.17) is 0 Å². The molecule has 0 bridgehead atoms. The van der Waals surface area contributed by atoms with E-state index in [2.05, 4.69) is 20.4 Å². The van der Waals surface area contributed by atoms with Gasteiger partial charge in [-0.25, -0.2) is 0 Å². The summed E-state index contributed by atoms with van der Waals surface area (Å²) >= 11 is 0. The highest BCUT2D eigenvalue weighted by Gasteiger charge is 2.19. The number of piperidine rings is 1. The normalized spacial score (nSPS) is 15.1. The van der Waals surface area contributed by atoms with E-state index in [1.165, 1.54) is 12.1 Å². The maximum atomic E-state index is 12.2. The van der Waals surface area contributed by atoms with Crippen LogP contribution in [0.15, 0.2) is 60.8 Å². The van der Waals surface area contributed by atoms with Crippen LogP contribution in [-0.2, 0) is 4.79 Å². The van der Waals surface area contributed by atoms with Gasteiger partial charge in [-0.2, -0.15) is 0 Å². The predicted octanol–water partition coefficient (Wildman–Crippen LogP) is 3.05. The third-order valence-corrected chi connectivity index (χ3v) is 5.01. The first-order valence-electron chi connectivity index (χ1n) is 9.38. The second-order valence-corrected chi connectivity index (χ2v) is 6.90. The number of benzene rings is 1. The number of non-ortho nitro benzene ring substituents is 1. The molecule has 1 N–H and O–H groups in total. The van der Waals surface area contributed by atoms with E-state index in [0.29, 0.717) is 11.6 Å². The zero-order valence-electron chi connectivity index (χ0n) is 15.6. The number of nitrogens with zero attached hydrogens (tertiary/aromatic N) is 5. The highest BCUT2D eigenvalue weighted by Crippen LogP contribution is 2.26. The molecule has 0 radical (unpaired) electrons. The molecule has 0 unspecified atom stereocenters. The van der Waals surface area contributed by atoms with Gasteiger partial charge in [0.2, 0.25) is 11.9 Å². The molecule has 1 saturated heterocycles. The van der Waals surface area contributed by atoms with E-state index >= 15 is 0 Å². The molecule has 0 saturated carbocycles. The van der Waals surface area contributed by atoms with Crippen molar-refractivity contribution in [3.05, 3.63) is 70.9 Å². The van der Waals surface area contributed by atoms with Gasteiger partial charge in [0.05, 0.1) is 4.92 Å². The van der Waals surface area contributed by atoms with Crippen molar-refractivity contribution in [2.45, 2.75) is 12.8 Å². The van der Waals surface area contributed by atoms with Crippen LogP contribution >= 0.6 is 0 Å². The molecule has 1 aromatic carbocycles. The third-order valence-electron chi connectivity index (χ3n) is 5.01. The highest BCUT2D eigenvalue weighted by molar-refractivity contribution is 5.98. The van der Waals surface area contributed by atoms with Gasteiger partial charge in [0.25, 0.3) is 5.69 Å². The first kappa shape index (κ1) is 18.6. The largest absolute Gasteiger partial charge is 0.371 e. The number of nitro groups is 1. The monoisotopic (exact) mass is 392 g/mol. The standard InChI is InChI=1S/C20H20N6O3/c27-19(21-20-23-22-18-6-1-2-11-25(18)20)8-7-15-9-12-24(13-10-15)16-4-3-5-17(14-16)26(28)29/h1-8,11,14-15H,9-10,12-13H2,(H,21,23,27). The zero-order chi connectivity index (χ0) is 20.2. The Morgan fingerprint density at radius 3 is 2.79 bits per heavy atom. The fourth-order valence-electron chi connectivity index (χ4n) is 3.46. The molecule has 0 spiro atoms. The van der Waals surface area contributed by atoms with Crippen LogP contribution in [0.1, 0.15) is 12.8 Å². The molecule has 1 aliphatic rings. The summed E-state index contributed by atoms with van der Waals surface area (Å²) in [5.74, 6) is 0.422. The maximum Gasteiger partial charge on any atom is 0.271 e. The summed E-state index contributed by atoms with van der Waals surface area (Å²) in [7, 11) is 0. The van der Waals surface area contributed by atoms with Crippen molar-refractivity contribution in [3.8, 4) is 0 Å². The molecular weight excluding hydrogens is 372 g/mol. The van der Waals surface area contributed by atoms with Crippen LogP contribution in [0.3, 0.4) is 0 Å². The number of nitro benzene ring substituents is 1. The number of hydrogen-bond donors (Lipinski definition) is 1. The van der Waals surface area contributed by atoms with E-state index in [1.807, 2.05) is 30.3 Å². The van der Waals surface area contributed by atoms with Gasteiger partial charge < -0.3 is 4.90 Å². The molecule has 3 heterocycles. The Kier molecular flexibility index (Phi) is 5.19. The van der Waals surface area contributed by atoms with E-state index in [0.717, 1.165) is 31.6 Å². The molecule has 3 aromatic rings.